The van der Waals surface area contributed by atoms with Crippen molar-refractivity contribution in [3.05, 3.63) is 21.9 Å². The SMILES string of the molecule is Cc1cscc1CC(C)(C)N. The maximum atomic E-state index is 5.90. The monoisotopic (exact) mass is 169 g/mol. The minimum atomic E-state index is -0.0775. The maximum Gasteiger partial charge on any atom is 0.0138 e. The van der Waals surface area contributed by atoms with Crippen LogP contribution in [0.25, 0.3) is 0 Å². The van der Waals surface area contributed by atoms with Gasteiger partial charge in [-0.3, -0.25) is 0 Å². The average Bonchev–Trinajstić information content (AvgIpc) is 2.12. The minimum absolute atomic E-state index is 0.0775. The molecule has 0 amide bonds. The van der Waals surface area contributed by atoms with Crippen LogP contribution in [0.3, 0.4) is 0 Å². The summed E-state index contributed by atoms with van der Waals surface area (Å²) in [5.74, 6) is 0. The molecular formula is C9H15NS. The molecule has 0 radical (unpaired) electrons. The zero-order chi connectivity index (χ0) is 8.48. The predicted octanol–water partition coefficient (Wildman–Crippen LogP) is 2.34. The van der Waals surface area contributed by atoms with Crippen molar-refractivity contribution in [1.29, 1.82) is 0 Å². The van der Waals surface area contributed by atoms with E-state index in [2.05, 4.69) is 31.5 Å². The van der Waals surface area contributed by atoms with E-state index < -0.39 is 0 Å². The second-order valence-electron chi connectivity index (χ2n) is 3.75. The first kappa shape index (κ1) is 8.75. The third-order valence-electron chi connectivity index (χ3n) is 1.61. The van der Waals surface area contributed by atoms with Crippen molar-refractivity contribution in [2.24, 2.45) is 5.73 Å². The van der Waals surface area contributed by atoms with Gasteiger partial charge in [0.15, 0.2) is 0 Å². The highest BCUT2D eigenvalue weighted by atomic mass is 32.1. The predicted molar refractivity (Wildman–Crippen MR) is 51.0 cm³/mol. The van der Waals surface area contributed by atoms with E-state index in [1.807, 2.05) is 0 Å². The fourth-order valence-electron chi connectivity index (χ4n) is 1.06. The standard InChI is InChI=1S/C9H15NS/c1-7-5-11-6-8(7)4-9(2,3)10/h5-6H,4,10H2,1-3H3. The molecule has 0 unspecified atom stereocenters. The Bertz CT molecular complexity index is 232. The van der Waals surface area contributed by atoms with Gasteiger partial charge in [0.25, 0.3) is 0 Å². The molecule has 0 fully saturated rings. The first-order valence-corrected chi connectivity index (χ1v) is 4.74. The first-order valence-electron chi connectivity index (χ1n) is 3.79. The second kappa shape index (κ2) is 2.95. The van der Waals surface area contributed by atoms with Gasteiger partial charge >= 0.3 is 0 Å². The average molecular weight is 169 g/mol. The summed E-state index contributed by atoms with van der Waals surface area (Å²) in [7, 11) is 0. The Balaban J connectivity index is 2.72. The normalized spacial score (nSPS) is 12.0. The van der Waals surface area contributed by atoms with Crippen LogP contribution in [-0.4, -0.2) is 5.54 Å². The summed E-state index contributed by atoms with van der Waals surface area (Å²) in [6, 6.07) is 0. The zero-order valence-corrected chi connectivity index (χ0v) is 8.16. The summed E-state index contributed by atoms with van der Waals surface area (Å²) in [6.07, 6.45) is 0.975. The van der Waals surface area contributed by atoms with Gasteiger partial charge in [0.2, 0.25) is 0 Å². The van der Waals surface area contributed by atoms with Crippen molar-refractivity contribution in [2.45, 2.75) is 32.7 Å². The fourth-order valence-corrected chi connectivity index (χ4v) is 1.92. The molecule has 0 bridgehead atoms. The zero-order valence-electron chi connectivity index (χ0n) is 7.35. The smallest absolute Gasteiger partial charge is 0.0138 e. The highest BCUT2D eigenvalue weighted by Crippen LogP contribution is 2.18. The Morgan fingerprint density at radius 1 is 1.45 bits per heavy atom. The van der Waals surface area contributed by atoms with Crippen molar-refractivity contribution in [1.82, 2.24) is 0 Å². The number of rotatable bonds is 2. The molecule has 0 spiro atoms. The van der Waals surface area contributed by atoms with E-state index in [1.54, 1.807) is 11.3 Å². The largest absolute Gasteiger partial charge is 0.325 e. The highest BCUT2D eigenvalue weighted by molar-refractivity contribution is 7.08. The second-order valence-corrected chi connectivity index (χ2v) is 4.49. The van der Waals surface area contributed by atoms with Crippen LogP contribution in [0.4, 0.5) is 0 Å². The van der Waals surface area contributed by atoms with Gasteiger partial charge < -0.3 is 5.73 Å². The van der Waals surface area contributed by atoms with Crippen LogP contribution in [0, 0.1) is 6.92 Å². The number of aryl methyl sites for hydroxylation is 1. The van der Waals surface area contributed by atoms with Gasteiger partial charge in [0, 0.05) is 5.54 Å². The Morgan fingerprint density at radius 3 is 2.45 bits per heavy atom. The van der Waals surface area contributed by atoms with Gasteiger partial charge in [-0.1, -0.05) is 0 Å². The molecule has 1 aromatic rings. The van der Waals surface area contributed by atoms with E-state index in [1.165, 1.54) is 11.1 Å². The van der Waals surface area contributed by atoms with Crippen molar-refractivity contribution in [2.75, 3.05) is 0 Å². The van der Waals surface area contributed by atoms with Crippen molar-refractivity contribution in [3.63, 3.8) is 0 Å². The van der Waals surface area contributed by atoms with E-state index in [9.17, 15) is 0 Å². The summed E-state index contributed by atoms with van der Waals surface area (Å²) < 4.78 is 0. The Labute approximate surface area is 72.2 Å². The van der Waals surface area contributed by atoms with Crippen LogP contribution < -0.4 is 5.73 Å². The Morgan fingerprint density at radius 2 is 2.09 bits per heavy atom. The molecule has 0 saturated carbocycles. The van der Waals surface area contributed by atoms with Crippen molar-refractivity contribution >= 4 is 11.3 Å². The van der Waals surface area contributed by atoms with E-state index in [4.69, 9.17) is 5.73 Å². The quantitative estimate of drug-likeness (QED) is 0.722. The minimum Gasteiger partial charge on any atom is -0.325 e. The summed E-state index contributed by atoms with van der Waals surface area (Å²) in [5, 5.41) is 4.35. The summed E-state index contributed by atoms with van der Waals surface area (Å²) in [4.78, 5) is 0. The lowest BCUT2D eigenvalue weighted by Crippen LogP contribution is -2.34. The van der Waals surface area contributed by atoms with Gasteiger partial charge in [-0.25, -0.2) is 0 Å². The van der Waals surface area contributed by atoms with Crippen LogP contribution in [0.5, 0.6) is 0 Å². The van der Waals surface area contributed by atoms with E-state index >= 15 is 0 Å². The molecule has 0 aliphatic carbocycles. The molecular weight excluding hydrogens is 154 g/mol. The number of hydrogen-bond acceptors (Lipinski definition) is 2. The van der Waals surface area contributed by atoms with Crippen LogP contribution in [0.2, 0.25) is 0 Å². The molecule has 0 aliphatic heterocycles. The van der Waals surface area contributed by atoms with Gasteiger partial charge in [-0.05, 0) is 49.1 Å². The van der Waals surface area contributed by atoms with Gasteiger partial charge in [-0.15, -0.1) is 0 Å². The maximum absolute atomic E-state index is 5.90. The third kappa shape index (κ3) is 2.64. The van der Waals surface area contributed by atoms with Gasteiger partial charge in [-0.2, -0.15) is 11.3 Å². The molecule has 2 heteroatoms. The van der Waals surface area contributed by atoms with Crippen molar-refractivity contribution in [3.8, 4) is 0 Å². The summed E-state index contributed by atoms with van der Waals surface area (Å²) in [5.41, 5.74) is 8.58. The van der Waals surface area contributed by atoms with Gasteiger partial charge in [0.1, 0.15) is 0 Å². The van der Waals surface area contributed by atoms with E-state index in [0.717, 1.165) is 6.42 Å². The van der Waals surface area contributed by atoms with E-state index in [0.29, 0.717) is 0 Å². The fraction of sp³-hybridized carbons (Fsp3) is 0.556. The first-order chi connectivity index (χ1) is 4.99. The van der Waals surface area contributed by atoms with E-state index in [-0.39, 0.29) is 5.54 Å². The number of thiophene rings is 1. The number of nitrogens with two attached hydrogens (primary N) is 1. The number of hydrogen-bond donors (Lipinski definition) is 1. The molecule has 0 atom stereocenters. The van der Waals surface area contributed by atoms with Gasteiger partial charge in [0.05, 0.1) is 0 Å². The molecule has 1 nitrogen and oxygen atoms in total. The topological polar surface area (TPSA) is 26.0 Å². The highest BCUT2D eigenvalue weighted by Gasteiger charge is 2.12. The molecule has 1 aromatic heterocycles. The lowest BCUT2D eigenvalue weighted by atomic mass is 9.96. The molecule has 62 valence electrons. The molecule has 1 heterocycles. The molecule has 0 aliphatic rings. The van der Waals surface area contributed by atoms with Crippen molar-refractivity contribution < 1.29 is 0 Å². The van der Waals surface area contributed by atoms with Crippen LogP contribution in [-0.2, 0) is 6.42 Å². The molecule has 0 saturated heterocycles. The van der Waals surface area contributed by atoms with Crippen LogP contribution >= 0.6 is 11.3 Å². The van der Waals surface area contributed by atoms with Crippen LogP contribution in [0.1, 0.15) is 25.0 Å². The molecule has 1 rings (SSSR count). The lowest BCUT2D eigenvalue weighted by Gasteiger charge is -2.17. The lowest BCUT2D eigenvalue weighted by molar-refractivity contribution is 0.516. The Hall–Kier alpha value is -0.340. The molecule has 11 heavy (non-hydrogen) atoms. The molecule has 2 N–H and O–H groups in total. The third-order valence-corrected chi connectivity index (χ3v) is 2.52. The molecule has 0 aromatic carbocycles. The Kier molecular flexibility index (Phi) is 2.35. The summed E-state index contributed by atoms with van der Waals surface area (Å²) >= 11 is 1.75. The van der Waals surface area contributed by atoms with Crippen LogP contribution in [0.15, 0.2) is 10.8 Å². The summed E-state index contributed by atoms with van der Waals surface area (Å²) in [6.45, 7) is 6.26.